The Morgan fingerprint density at radius 3 is 2.04 bits per heavy atom. The van der Waals surface area contributed by atoms with Crippen LogP contribution in [0.25, 0.3) is 0 Å². The van der Waals surface area contributed by atoms with Crippen LogP contribution in [-0.4, -0.2) is 27.2 Å². The molecule has 0 aliphatic heterocycles. The van der Waals surface area contributed by atoms with Gasteiger partial charge in [-0.1, -0.05) is 0 Å². The summed E-state index contributed by atoms with van der Waals surface area (Å²) in [4.78, 5) is 12.4. The van der Waals surface area contributed by atoms with E-state index in [0.29, 0.717) is 11.5 Å². The topological polar surface area (TPSA) is 56.8 Å². The smallest absolute Gasteiger partial charge is 0.259 e. The maximum Gasteiger partial charge on any atom is 0.259 e. The van der Waals surface area contributed by atoms with Gasteiger partial charge < -0.3 is 19.5 Å². The molecular formula is C16H15F2NO4. The maximum atomic E-state index is 13.2. The third-order valence-corrected chi connectivity index (χ3v) is 3.13. The highest BCUT2D eigenvalue weighted by Gasteiger charge is 2.18. The summed E-state index contributed by atoms with van der Waals surface area (Å²) >= 11 is 0. The first-order valence-electron chi connectivity index (χ1n) is 6.56. The Bertz CT molecular complexity index is 734. The molecule has 5 nitrogen and oxygen atoms in total. The van der Waals surface area contributed by atoms with Crippen molar-refractivity contribution in [3.05, 3.63) is 47.5 Å². The molecule has 0 spiro atoms. The van der Waals surface area contributed by atoms with Gasteiger partial charge in [0, 0.05) is 23.9 Å². The van der Waals surface area contributed by atoms with Gasteiger partial charge in [-0.05, 0) is 12.1 Å². The number of methoxy groups -OCH3 is 3. The second kappa shape index (κ2) is 6.95. The lowest BCUT2D eigenvalue weighted by Gasteiger charge is -2.14. The fourth-order valence-corrected chi connectivity index (χ4v) is 1.98. The van der Waals surface area contributed by atoms with E-state index in [1.807, 2.05) is 0 Å². The van der Waals surface area contributed by atoms with Crippen LogP contribution in [0.3, 0.4) is 0 Å². The van der Waals surface area contributed by atoms with E-state index in [4.69, 9.17) is 14.2 Å². The van der Waals surface area contributed by atoms with Crippen molar-refractivity contribution < 1.29 is 27.8 Å². The number of rotatable bonds is 5. The maximum absolute atomic E-state index is 13.2. The highest BCUT2D eigenvalue weighted by Crippen LogP contribution is 2.35. The molecule has 0 aromatic heterocycles. The highest BCUT2D eigenvalue weighted by atomic mass is 19.2. The monoisotopic (exact) mass is 323 g/mol. The van der Waals surface area contributed by atoms with E-state index in [-0.39, 0.29) is 17.0 Å². The number of hydrogen-bond acceptors (Lipinski definition) is 4. The quantitative estimate of drug-likeness (QED) is 0.918. The van der Waals surface area contributed by atoms with Gasteiger partial charge in [0.05, 0.1) is 26.9 Å². The Morgan fingerprint density at radius 1 is 0.870 bits per heavy atom. The van der Waals surface area contributed by atoms with Gasteiger partial charge in [-0.25, -0.2) is 8.78 Å². The van der Waals surface area contributed by atoms with Crippen LogP contribution in [-0.2, 0) is 0 Å². The number of benzene rings is 2. The lowest BCUT2D eigenvalue weighted by Crippen LogP contribution is -2.14. The predicted molar refractivity (Wildman–Crippen MR) is 80.4 cm³/mol. The van der Waals surface area contributed by atoms with E-state index in [1.54, 1.807) is 0 Å². The van der Waals surface area contributed by atoms with Crippen LogP contribution in [0.4, 0.5) is 14.5 Å². The van der Waals surface area contributed by atoms with E-state index in [9.17, 15) is 13.6 Å². The molecule has 2 rings (SSSR count). The van der Waals surface area contributed by atoms with E-state index in [2.05, 4.69) is 5.32 Å². The Balaban J connectivity index is 2.35. The van der Waals surface area contributed by atoms with Gasteiger partial charge in [0.1, 0.15) is 5.75 Å². The summed E-state index contributed by atoms with van der Waals surface area (Å²) in [5.74, 6) is -1.62. The third kappa shape index (κ3) is 3.50. The minimum atomic E-state index is -1.05. The van der Waals surface area contributed by atoms with Crippen LogP contribution < -0.4 is 19.5 Å². The summed E-state index contributed by atoms with van der Waals surface area (Å²) in [5, 5.41) is 2.47. The Hall–Kier alpha value is -2.83. The molecule has 0 atom stereocenters. The van der Waals surface area contributed by atoms with Gasteiger partial charge in [0.15, 0.2) is 23.1 Å². The number of halogens is 2. The SMILES string of the molecule is COc1cc(OC)c(C(=O)Nc2ccc(F)c(F)c2)cc1OC. The molecule has 1 N–H and O–H groups in total. The molecule has 0 saturated heterocycles. The van der Waals surface area contributed by atoms with Crippen LogP contribution in [0.2, 0.25) is 0 Å². The van der Waals surface area contributed by atoms with Crippen molar-refractivity contribution in [2.75, 3.05) is 26.6 Å². The van der Waals surface area contributed by atoms with Crippen molar-refractivity contribution in [3.8, 4) is 17.2 Å². The van der Waals surface area contributed by atoms with E-state index in [1.165, 1.54) is 39.5 Å². The summed E-state index contributed by atoms with van der Waals surface area (Å²) in [7, 11) is 4.29. The standard InChI is InChI=1S/C16H15F2NO4/c1-21-13-8-15(23-3)14(22-2)7-10(13)16(20)19-9-4-5-11(17)12(18)6-9/h4-8H,1-3H3,(H,19,20). The van der Waals surface area contributed by atoms with E-state index >= 15 is 0 Å². The number of anilines is 1. The van der Waals surface area contributed by atoms with Crippen molar-refractivity contribution >= 4 is 11.6 Å². The molecule has 0 aliphatic rings. The summed E-state index contributed by atoms with van der Waals surface area (Å²) < 4.78 is 41.6. The first kappa shape index (κ1) is 16.5. The first-order valence-corrected chi connectivity index (χ1v) is 6.56. The van der Waals surface area contributed by atoms with Crippen molar-refractivity contribution in [1.29, 1.82) is 0 Å². The average Bonchev–Trinajstić information content (AvgIpc) is 2.56. The van der Waals surface area contributed by atoms with E-state index < -0.39 is 17.5 Å². The number of hydrogen-bond donors (Lipinski definition) is 1. The molecule has 0 saturated carbocycles. The second-order valence-corrected chi connectivity index (χ2v) is 4.49. The minimum Gasteiger partial charge on any atom is -0.496 e. The van der Waals surface area contributed by atoms with Gasteiger partial charge in [0.2, 0.25) is 0 Å². The van der Waals surface area contributed by atoms with Gasteiger partial charge >= 0.3 is 0 Å². The molecule has 0 aliphatic carbocycles. The Kier molecular flexibility index (Phi) is 5.00. The van der Waals surface area contributed by atoms with Gasteiger partial charge in [-0.15, -0.1) is 0 Å². The van der Waals surface area contributed by atoms with Gasteiger partial charge in [-0.3, -0.25) is 4.79 Å². The van der Waals surface area contributed by atoms with E-state index in [0.717, 1.165) is 12.1 Å². The molecule has 0 fully saturated rings. The zero-order valence-corrected chi connectivity index (χ0v) is 12.8. The molecule has 1 amide bonds. The molecule has 0 bridgehead atoms. The summed E-state index contributed by atoms with van der Waals surface area (Å²) in [6.45, 7) is 0. The lowest BCUT2D eigenvalue weighted by atomic mass is 10.1. The van der Waals surface area contributed by atoms with Crippen LogP contribution in [0.1, 0.15) is 10.4 Å². The molecule has 0 heterocycles. The minimum absolute atomic E-state index is 0.116. The second-order valence-electron chi connectivity index (χ2n) is 4.49. The van der Waals surface area contributed by atoms with Crippen molar-refractivity contribution in [3.63, 3.8) is 0 Å². The van der Waals surface area contributed by atoms with Crippen molar-refractivity contribution in [1.82, 2.24) is 0 Å². The van der Waals surface area contributed by atoms with Crippen LogP contribution in [0.15, 0.2) is 30.3 Å². The van der Waals surface area contributed by atoms with Crippen molar-refractivity contribution in [2.24, 2.45) is 0 Å². The molecule has 7 heteroatoms. The molecule has 0 radical (unpaired) electrons. The van der Waals surface area contributed by atoms with Crippen LogP contribution in [0, 0.1) is 11.6 Å². The molecule has 2 aromatic rings. The largest absolute Gasteiger partial charge is 0.496 e. The van der Waals surface area contributed by atoms with Crippen LogP contribution in [0.5, 0.6) is 17.2 Å². The fourth-order valence-electron chi connectivity index (χ4n) is 1.98. The fraction of sp³-hybridized carbons (Fsp3) is 0.188. The number of amides is 1. The Morgan fingerprint density at radius 2 is 1.48 bits per heavy atom. The number of carbonyl (C=O) groups excluding carboxylic acids is 1. The molecule has 23 heavy (non-hydrogen) atoms. The lowest BCUT2D eigenvalue weighted by molar-refractivity contribution is 0.102. The normalized spacial score (nSPS) is 10.1. The average molecular weight is 323 g/mol. The predicted octanol–water partition coefficient (Wildman–Crippen LogP) is 3.24. The Labute approximate surface area is 131 Å². The van der Waals surface area contributed by atoms with Gasteiger partial charge in [-0.2, -0.15) is 0 Å². The first-order chi connectivity index (χ1) is 11.0. The number of nitrogens with one attached hydrogen (secondary N) is 1. The van der Waals surface area contributed by atoms with Gasteiger partial charge in [0.25, 0.3) is 5.91 Å². The summed E-state index contributed by atoms with van der Waals surface area (Å²) in [6.07, 6.45) is 0. The summed E-state index contributed by atoms with van der Waals surface area (Å²) in [6, 6.07) is 6.01. The number of carbonyl (C=O) groups is 1. The molecule has 122 valence electrons. The zero-order valence-electron chi connectivity index (χ0n) is 12.8. The molecule has 2 aromatic carbocycles. The summed E-state index contributed by atoms with van der Waals surface area (Å²) in [5.41, 5.74) is 0.278. The molecular weight excluding hydrogens is 308 g/mol. The molecule has 0 unspecified atom stereocenters. The third-order valence-electron chi connectivity index (χ3n) is 3.13. The van der Waals surface area contributed by atoms with Crippen molar-refractivity contribution in [2.45, 2.75) is 0 Å². The zero-order chi connectivity index (χ0) is 17.0. The number of ether oxygens (including phenoxy) is 3. The highest BCUT2D eigenvalue weighted by molar-refractivity contribution is 6.06. The van der Waals surface area contributed by atoms with Crippen LogP contribution >= 0.6 is 0 Å².